The lowest BCUT2D eigenvalue weighted by Gasteiger charge is -2.32. The smallest absolute Gasteiger partial charge is 0.414 e. The highest BCUT2D eigenvalue weighted by Gasteiger charge is 2.51. The Kier molecular flexibility index (Phi) is 9.99. The van der Waals surface area contributed by atoms with Crippen LogP contribution in [0, 0.1) is 10.1 Å². The van der Waals surface area contributed by atoms with Gasteiger partial charge < -0.3 is 19.9 Å². The summed E-state index contributed by atoms with van der Waals surface area (Å²) in [6, 6.07) is 4.98. The number of primary amides is 1. The molecule has 0 aliphatic rings. The number of benzene rings is 1. The first-order valence-corrected chi connectivity index (χ1v) is 11.7. The molecular formula is C19H26N4O12S. The van der Waals surface area contributed by atoms with E-state index in [0.29, 0.717) is 11.8 Å². The molecule has 2 atom stereocenters. The van der Waals surface area contributed by atoms with Crippen molar-refractivity contribution in [1.29, 1.82) is 0 Å². The van der Waals surface area contributed by atoms with E-state index in [0.717, 1.165) is 0 Å². The second kappa shape index (κ2) is 11.8. The van der Waals surface area contributed by atoms with Gasteiger partial charge in [-0.3, -0.25) is 34.9 Å². The van der Waals surface area contributed by atoms with E-state index in [9.17, 15) is 37.7 Å². The van der Waals surface area contributed by atoms with Gasteiger partial charge >= 0.3 is 12.1 Å². The number of nitro benzene ring substituents is 1. The van der Waals surface area contributed by atoms with Gasteiger partial charge in [-0.1, -0.05) is 0 Å². The fraction of sp³-hybridized carbons (Fsp3) is 0.474. The molecule has 5 N–H and O–H groups in total. The molecule has 0 aliphatic carbocycles. The highest BCUT2D eigenvalue weighted by Crippen LogP contribution is 2.18. The van der Waals surface area contributed by atoms with Crippen LogP contribution in [0.1, 0.15) is 26.3 Å². The number of hydrogen-bond acceptors (Lipinski definition) is 13. The summed E-state index contributed by atoms with van der Waals surface area (Å²) in [4.78, 5) is 58.8. The van der Waals surface area contributed by atoms with Gasteiger partial charge in [0.05, 0.1) is 11.2 Å². The van der Waals surface area contributed by atoms with Crippen molar-refractivity contribution >= 4 is 39.7 Å². The van der Waals surface area contributed by atoms with Crippen molar-refractivity contribution in [2.75, 3.05) is 12.9 Å². The van der Waals surface area contributed by atoms with Gasteiger partial charge in [-0.05, 0) is 38.5 Å². The molecule has 0 spiro atoms. The third-order valence-corrected chi connectivity index (χ3v) is 4.41. The van der Waals surface area contributed by atoms with E-state index >= 15 is 0 Å². The summed E-state index contributed by atoms with van der Waals surface area (Å²) < 4.78 is 42.5. The number of nitrogens with two attached hydrogens (primary N) is 2. The van der Waals surface area contributed by atoms with Crippen LogP contribution in [-0.2, 0) is 49.5 Å². The Labute approximate surface area is 205 Å². The number of ether oxygens (including phenoxy) is 3. The zero-order chi connectivity index (χ0) is 27.9. The number of amides is 3. The molecule has 1 aromatic carbocycles. The molecule has 0 radical (unpaired) electrons. The van der Waals surface area contributed by atoms with Crippen molar-refractivity contribution in [3.63, 3.8) is 0 Å². The fourth-order valence-electron chi connectivity index (χ4n) is 2.36. The fourth-order valence-corrected chi connectivity index (χ4v) is 2.94. The standard InChI is InChI=1S/C19H26N4O12S/c1-18(2,3)34-17(27)22-16(26)19(21,14(15(20)25)35-36(4,30)31)33-10-13(24)32-9-11-5-7-12(8-6-11)23(28)29/h5-8,14H,9-10,21H2,1-4H3,(H2,20,25)(H,22,26,27)/t14?,19-/m1/s1. The maximum atomic E-state index is 12.7. The van der Waals surface area contributed by atoms with E-state index < -0.39 is 63.0 Å². The van der Waals surface area contributed by atoms with Crippen LogP contribution in [0.2, 0.25) is 0 Å². The second-order valence-corrected chi connectivity index (χ2v) is 9.81. The quantitative estimate of drug-likeness (QED) is 0.103. The highest BCUT2D eigenvalue weighted by molar-refractivity contribution is 7.86. The van der Waals surface area contributed by atoms with Crippen molar-refractivity contribution in [2.24, 2.45) is 11.5 Å². The van der Waals surface area contributed by atoms with E-state index in [4.69, 9.17) is 25.7 Å². The number of alkyl carbamates (subject to hydrolysis) is 1. The summed E-state index contributed by atoms with van der Waals surface area (Å²) in [5.74, 6) is -4.36. The number of carbonyl (C=O) groups excluding carboxylic acids is 4. The van der Waals surface area contributed by atoms with Crippen LogP contribution in [-0.4, -0.2) is 67.5 Å². The van der Waals surface area contributed by atoms with E-state index in [1.807, 2.05) is 0 Å². The molecule has 16 nitrogen and oxygen atoms in total. The van der Waals surface area contributed by atoms with Crippen LogP contribution < -0.4 is 16.8 Å². The maximum Gasteiger partial charge on any atom is 0.414 e. The van der Waals surface area contributed by atoms with E-state index in [-0.39, 0.29) is 12.3 Å². The molecule has 0 fully saturated rings. The molecular weight excluding hydrogens is 508 g/mol. The number of nitro groups is 1. The van der Waals surface area contributed by atoms with E-state index in [1.54, 1.807) is 5.32 Å². The average molecular weight is 535 g/mol. The predicted molar refractivity (Wildman–Crippen MR) is 119 cm³/mol. The van der Waals surface area contributed by atoms with E-state index in [1.165, 1.54) is 45.0 Å². The van der Waals surface area contributed by atoms with Gasteiger partial charge in [-0.15, -0.1) is 0 Å². The monoisotopic (exact) mass is 534 g/mol. The number of imide groups is 1. The van der Waals surface area contributed by atoms with Crippen molar-refractivity contribution in [1.82, 2.24) is 5.32 Å². The van der Waals surface area contributed by atoms with Crippen molar-refractivity contribution < 1.29 is 50.9 Å². The van der Waals surface area contributed by atoms with Gasteiger partial charge in [0.1, 0.15) is 18.8 Å². The molecule has 36 heavy (non-hydrogen) atoms. The Morgan fingerprint density at radius 1 is 1.14 bits per heavy atom. The first kappa shape index (κ1) is 30.4. The number of nitrogens with one attached hydrogen (secondary N) is 1. The number of hydrogen-bond donors (Lipinski definition) is 3. The summed E-state index contributed by atoms with van der Waals surface area (Å²) in [5, 5.41) is 12.3. The molecule has 1 unspecified atom stereocenters. The van der Waals surface area contributed by atoms with Crippen LogP contribution in [0.4, 0.5) is 10.5 Å². The summed E-state index contributed by atoms with van der Waals surface area (Å²) in [5.41, 5.74) is 6.92. The topological polar surface area (TPSA) is 247 Å². The summed E-state index contributed by atoms with van der Waals surface area (Å²) in [7, 11) is -4.46. The molecule has 17 heteroatoms. The normalized spacial score (nSPS) is 14.1. The first-order valence-electron chi connectivity index (χ1n) is 9.88. The number of esters is 1. The molecule has 0 saturated carbocycles. The Morgan fingerprint density at radius 3 is 2.14 bits per heavy atom. The van der Waals surface area contributed by atoms with Gasteiger partial charge in [-0.25, -0.2) is 9.59 Å². The third kappa shape index (κ3) is 9.90. The largest absolute Gasteiger partial charge is 0.459 e. The maximum absolute atomic E-state index is 12.7. The lowest BCUT2D eigenvalue weighted by Crippen LogP contribution is -2.68. The van der Waals surface area contributed by atoms with Gasteiger partial charge in [0.15, 0.2) is 0 Å². The minimum absolute atomic E-state index is 0.194. The molecule has 0 aliphatic heterocycles. The number of nitrogens with zero attached hydrogens (tertiary/aromatic N) is 1. The van der Waals surface area contributed by atoms with Crippen LogP contribution in [0.15, 0.2) is 24.3 Å². The zero-order valence-corrected chi connectivity index (χ0v) is 20.5. The Bertz CT molecular complexity index is 1110. The number of rotatable bonds is 11. The molecule has 0 saturated heterocycles. The summed E-state index contributed by atoms with van der Waals surface area (Å²) in [6.07, 6.45) is -3.33. The Morgan fingerprint density at radius 2 is 1.69 bits per heavy atom. The SMILES string of the molecule is CC(C)(C)OC(=O)NC(=O)[C@](N)(OCC(=O)OCc1ccc([N+](=O)[O-])cc1)C(OS(C)(=O)=O)C(N)=O. The minimum atomic E-state index is -4.46. The minimum Gasteiger partial charge on any atom is -0.459 e. The molecule has 200 valence electrons. The van der Waals surface area contributed by atoms with Crippen LogP contribution in [0.3, 0.4) is 0 Å². The molecule has 1 rings (SSSR count). The highest BCUT2D eigenvalue weighted by atomic mass is 32.2. The van der Waals surface area contributed by atoms with Crippen LogP contribution in [0.5, 0.6) is 0 Å². The molecule has 0 heterocycles. The van der Waals surface area contributed by atoms with Crippen molar-refractivity contribution in [3.05, 3.63) is 39.9 Å². The lowest BCUT2D eigenvalue weighted by molar-refractivity contribution is -0.384. The average Bonchev–Trinajstić information content (AvgIpc) is 2.72. The lowest BCUT2D eigenvalue weighted by atomic mass is 10.1. The number of non-ortho nitro benzene ring substituents is 1. The summed E-state index contributed by atoms with van der Waals surface area (Å²) in [6.45, 7) is 2.92. The first-order chi connectivity index (χ1) is 16.3. The van der Waals surface area contributed by atoms with Gasteiger partial charge in [0.2, 0.25) is 11.8 Å². The molecule has 3 amide bonds. The Hall–Kier alpha value is -3.67. The Balaban J connectivity index is 3.05. The van der Waals surface area contributed by atoms with Crippen LogP contribution in [0.25, 0.3) is 0 Å². The molecule has 1 aromatic rings. The third-order valence-electron chi connectivity index (χ3n) is 3.86. The summed E-state index contributed by atoms with van der Waals surface area (Å²) >= 11 is 0. The molecule has 0 bridgehead atoms. The van der Waals surface area contributed by atoms with Crippen LogP contribution >= 0.6 is 0 Å². The van der Waals surface area contributed by atoms with Crippen molar-refractivity contribution in [2.45, 2.75) is 44.8 Å². The second-order valence-electron chi connectivity index (χ2n) is 8.20. The molecule has 0 aromatic heterocycles. The predicted octanol–water partition coefficient (Wildman–Crippen LogP) is -0.809. The zero-order valence-electron chi connectivity index (χ0n) is 19.7. The van der Waals surface area contributed by atoms with E-state index in [2.05, 4.69) is 4.18 Å². The van der Waals surface area contributed by atoms with Gasteiger partial charge in [0.25, 0.3) is 27.6 Å². The van der Waals surface area contributed by atoms with Crippen molar-refractivity contribution in [3.8, 4) is 0 Å². The number of carbonyl (C=O) groups is 4. The van der Waals surface area contributed by atoms with Gasteiger partial charge in [-0.2, -0.15) is 8.42 Å². The van der Waals surface area contributed by atoms with Gasteiger partial charge in [0, 0.05) is 12.1 Å².